The average Bonchev–Trinajstić information content (AvgIpc) is 4.02. The smallest absolute Gasteiger partial charge is 0.394 e. The number of nitrogens with two attached hydrogens (primary N) is 1. The molecule has 37 heteroatoms. The highest BCUT2D eigenvalue weighted by Crippen LogP contribution is 2.66. The quantitative estimate of drug-likeness (QED) is 0.0178. The van der Waals surface area contributed by atoms with Gasteiger partial charge in [-0.05, 0) is 12.8 Å². The first kappa shape index (κ1) is 65.7. The van der Waals surface area contributed by atoms with Crippen molar-refractivity contribution in [3.63, 3.8) is 0 Å². The number of nitrogen functional groups attached to an aromatic ring is 1. The second-order valence-corrected chi connectivity index (χ2v) is 20.7. The van der Waals surface area contributed by atoms with Gasteiger partial charge in [-0.25, -0.2) is 23.2 Å². The molecule has 2 aliphatic heterocycles. The van der Waals surface area contributed by atoms with Crippen LogP contribution in [0.2, 0.25) is 0 Å². The van der Waals surface area contributed by atoms with Crippen molar-refractivity contribution in [1.29, 1.82) is 0 Å². The Morgan fingerprint density at radius 2 is 1.42 bits per heavy atom. The zero-order chi connectivity index (χ0) is 56.3. The zero-order valence-corrected chi connectivity index (χ0v) is 44.5. The minimum atomic E-state index is -5.70. The molecule has 2 aromatic rings. The molecule has 0 bridgehead atoms. The molecule has 0 aliphatic carbocycles. The summed E-state index contributed by atoms with van der Waals surface area (Å²) in [4.78, 5) is 76.3. The minimum absolute atomic E-state index is 0.0469. The van der Waals surface area contributed by atoms with Crippen molar-refractivity contribution in [3.05, 3.63) is 34.1 Å². The number of carbonyl (C=O) groups excluding carboxylic acids is 2. The van der Waals surface area contributed by atoms with Gasteiger partial charge < -0.3 is 98.6 Å². The number of nitrogens with zero attached hydrogens (tertiary/aromatic N) is 5. The molecule has 2 saturated heterocycles. The summed E-state index contributed by atoms with van der Waals surface area (Å²) in [5.74, 6) is 4.43. The third-order valence-corrected chi connectivity index (χ3v) is 14.0. The monoisotopic (exact) mass is 1170 g/mol. The molecule has 9 atom stereocenters. The van der Waals surface area contributed by atoms with Gasteiger partial charge >= 0.3 is 29.2 Å². The molecule has 0 saturated carbocycles. The summed E-state index contributed by atoms with van der Waals surface area (Å²) in [5, 5.41) is 43.0. The lowest BCUT2D eigenvalue weighted by Gasteiger charge is -2.42. The molecule has 2 amide bonds. The number of phosphoric acid groups is 3. The second-order valence-electron chi connectivity index (χ2n) is 16.2. The number of aromatic nitrogens is 5. The van der Waals surface area contributed by atoms with Gasteiger partial charge in [0, 0.05) is 19.5 Å². The van der Waals surface area contributed by atoms with Crippen LogP contribution in [0.3, 0.4) is 0 Å². The van der Waals surface area contributed by atoms with Gasteiger partial charge in [0.2, 0.25) is 11.8 Å². The number of hydrogen-bond acceptors (Lipinski definition) is 26. The first-order valence-corrected chi connectivity index (χ1v) is 28.2. The van der Waals surface area contributed by atoms with Crippen molar-refractivity contribution in [1.82, 2.24) is 35.2 Å². The molecular weight excluding hydrogens is 1100 g/mol. The van der Waals surface area contributed by atoms with Gasteiger partial charge in [0.15, 0.2) is 6.29 Å². The second kappa shape index (κ2) is 34.4. The van der Waals surface area contributed by atoms with E-state index < -0.39 is 91.3 Å². The summed E-state index contributed by atoms with van der Waals surface area (Å²) in [6, 6.07) is -1.03. The van der Waals surface area contributed by atoms with Crippen LogP contribution in [-0.2, 0) is 96.9 Å². The number of hydrogen-bond donors (Lipinski definition) is 10. The zero-order valence-electron chi connectivity index (χ0n) is 41.8. The highest BCUT2D eigenvalue weighted by molar-refractivity contribution is 7.66. The van der Waals surface area contributed by atoms with E-state index >= 15 is 0 Å². The molecule has 2 aliphatic rings. The van der Waals surface area contributed by atoms with Crippen LogP contribution in [0, 0.1) is 11.8 Å². The molecule has 0 radical (unpaired) electrons. The normalized spacial score (nSPS) is 22.2. The van der Waals surface area contributed by atoms with E-state index in [-0.39, 0.29) is 89.3 Å². The maximum atomic E-state index is 12.6. The predicted octanol–water partition coefficient (Wildman–Crippen LogP) is -3.43. The lowest BCUT2D eigenvalue weighted by molar-refractivity contribution is -0.272. The van der Waals surface area contributed by atoms with E-state index in [2.05, 4.69) is 50.9 Å². The molecule has 2 aromatic heterocycles. The van der Waals surface area contributed by atoms with E-state index in [1.165, 1.54) is 13.1 Å². The van der Waals surface area contributed by atoms with Gasteiger partial charge in [0.25, 0.3) is 0 Å². The van der Waals surface area contributed by atoms with Gasteiger partial charge in [-0.2, -0.15) is 13.6 Å². The molecule has 4 heterocycles. The Bertz CT molecular complexity index is 2370. The van der Waals surface area contributed by atoms with Crippen LogP contribution in [0.15, 0.2) is 17.2 Å². The highest BCUT2D eigenvalue weighted by atomic mass is 31.3. The van der Waals surface area contributed by atoms with Crippen molar-refractivity contribution in [2.75, 3.05) is 118 Å². The maximum absolute atomic E-state index is 12.6. The van der Waals surface area contributed by atoms with Gasteiger partial charge in [0.05, 0.1) is 143 Å². The maximum Gasteiger partial charge on any atom is 0.490 e. The van der Waals surface area contributed by atoms with E-state index in [9.17, 15) is 53.2 Å². The summed E-state index contributed by atoms with van der Waals surface area (Å²) in [6.07, 6.45) is -3.43. The lowest BCUT2D eigenvalue weighted by Crippen LogP contribution is -2.64. The third-order valence-electron chi connectivity index (χ3n) is 10.2. The third kappa shape index (κ3) is 26.4. The first-order valence-electron chi connectivity index (χ1n) is 23.7. The van der Waals surface area contributed by atoms with Crippen LogP contribution in [-0.4, -0.2) is 220 Å². The topological polar surface area (TPSA) is 463 Å². The van der Waals surface area contributed by atoms with Crippen molar-refractivity contribution in [2.24, 2.45) is 0 Å². The lowest BCUT2D eigenvalue weighted by atomic mass is 9.97. The number of amides is 2. The largest absolute Gasteiger partial charge is 0.490 e. The van der Waals surface area contributed by atoms with Crippen molar-refractivity contribution < 1.29 is 119 Å². The first-order chi connectivity index (χ1) is 36.6. The molecule has 438 valence electrons. The highest BCUT2D eigenvalue weighted by Gasteiger charge is 2.45. The Morgan fingerprint density at radius 1 is 0.805 bits per heavy atom. The number of ether oxygens (including phenoxy) is 10. The van der Waals surface area contributed by atoms with E-state index in [1.54, 1.807) is 10.9 Å². The Balaban J connectivity index is 0.924. The molecule has 2 fully saturated rings. The van der Waals surface area contributed by atoms with E-state index in [1.807, 2.05) is 0 Å². The van der Waals surface area contributed by atoms with Crippen LogP contribution in [0.25, 0.3) is 0 Å². The van der Waals surface area contributed by atoms with Crippen LogP contribution < -0.4 is 22.1 Å². The van der Waals surface area contributed by atoms with Crippen molar-refractivity contribution in [3.8, 4) is 11.8 Å². The number of aliphatic hydroxyl groups excluding tert-OH is 3. The molecule has 11 N–H and O–H groups in total. The van der Waals surface area contributed by atoms with Gasteiger partial charge in [-0.3, -0.25) is 18.7 Å². The Labute approximate surface area is 440 Å². The fraction of sp³-hybridized carbons (Fsp3) is 0.750. The van der Waals surface area contributed by atoms with E-state index in [0.29, 0.717) is 65.1 Å². The molecule has 4 rings (SSSR count). The van der Waals surface area contributed by atoms with E-state index in [0.717, 1.165) is 4.57 Å². The summed E-state index contributed by atoms with van der Waals surface area (Å²) < 4.78 is 104. The number of aliphatic hydroxyl groups is 3. The molecular formula is C40H67N8O26P3. The molecule has 0 aromatic carbocycles. The summed E-state index contributed by atoms with van der Waals surface area (Å²) in [7, 11) is -16.6. The molecule has 0 spiro atoms. The Hall–Kier alpha value is -3.79. The van der Waals surface area contributed by atoms with Crippen LogP contribution in [0.5, 0.6) is 0 Å². The van der Waals surface area contributed by atoms with Crippen molar-refractivity contribution >= 4 is 41.1 Å². The summed E-state index contributed by atoms with van der Waals surface area (Å²) in [5.41, 5.74) is 5.82. The van der Waals surface area contributed by atoms with Crippen LogP contribution in [0.4, 0.5) is 5.82 Å². The number of anilines is 1. The predicted molar refractivity (Wildman–Crippen MR) is 256 cm³/mol. The summed E-state index contributed by atoms with van der Waals surface area (Å²) >= 11 is 0. The SMILES string of the molecule is CC(=O)NC1[C@H](OCCOCCOCCOCc2cn(CCOCCOCCOCCOCCC(=O)NCC#Cc3cn([C@H]4CC[C@@H](COP(=O)(O)OP(=O)(O)OP(=O)(O)O)O4)c(=O)nc3N)nn2)OC(CO)[C@@H](O)[C@@H]1O. The molecule has 4 unspecified atom stereocenters. The molecule has 77 heavy (non-hydrogen) atoms. The fourth-order valence-electron chi connectivity index (χ4n) is 6.70. The summed E-state index contributed by atoms with van der Waals surface area (Å²) in [6.45, 7) is 4.51. The van der Waals surface area contributed by atoms with Gasteiger partial charge in [-0.1, -0.05) is 17.1 Å². The fourth-order valence-corrected chi connectivity index (χ4v) is 9.75. The Kier molecular flexibility index (Phi) is 29.3. The van der Waals surface area contributed by atoms with Crippen LogP contribution in [0.1, 0.15) is 43.7 Å². The number of rotatable bonds is 38. The number of nitrogens with one attached hydrogen (secondary N) is 2. The van der Waals surface area contributed by atoms with Gasteiger partial charge in [0.1, 0.15) is 42.1 Å². The number of carbonyl (C=O) groups is 2. The van der Waals surface area contributed by atoms with Crippen molar-refractivity contribution in [2.45, 2.75) is 82.3 Å². The standard InChI is InChI=1S/C40H67N8O26P3/c1-28(50)43-35-37(53)36(52)32(25-49)72-39(35)69-22-21-67-18-17-66-19-20-68-26-30-24-47(46-45-30)8-10-63-12-14-65-16-15-64-13-11-62-9-6-33(51)42-7-2-3-29-23-48(40(54)44-38(29)41)34-5-4-31(71-34)27-70-76(58,59)74-77(60,61)73-75(55,56)57/h23-24,31-32,34-37,39,49,52-53H,4-22,25-27H2,1H3,(H,42,51)(H,43,50)(H,58,59)(H,60,61)(H2,41,44,54)(H2,55,56,57)/t31-,32?,34+,35?,36+,37+,39+/m0/s1. The van der Waals surface area contributed by atoms with Gasteiger partial charge in [-0.15, -0.1) is 5.10 Å². The Morgan fingerprint density at radius 3 is 2.04 bits per heavy atom. The van der Waals surface area contributed by atoms with Crippen LogP contribution >= 0.6 is 23.5 Å². The molecule has 34 nitrogen and oxygen atoms in total. The average molecular weight is 1170 g/mol. The van der Waals surface area contributed by atoms with E-state index in [4.69, 9.17) is 62.9 Å². The number of phosphoric ester groups is 1. The minimum Gasteiger partial charge on any atom is -0.394 e.